The van der Waals surface area contributed by atoms with Gasteiger partial charge in [0, 0.05) is 130 Å². The van der Waals surface area contributed by atoms with Crippen LogP contribution in [0.3, 0.4) is 0 Å². The molecule has 0 saturated carbocycles. The average molecular weight is 1510 g/mol. The second-order valence-corrected chi connectivity index (χ2v) is 31.6. The molecule has 11 rings (SSSR count). The van der Waals surface area contributed by atoms with Crippen LogP contribution in [0.5, 0.6) is 0 Å². The van der Waals surface area contributed by atoms with Crippen molar-refractivity contribution in [1.82, 2.24) is 44.6 Å². The minimum Gasteiger partial charge on any atom is -0.382 e. The van der Waals surface area contributed by atoms with Gasteiger partial charge in [0.1, 0.15) is 16.6 Å². The SMILES string of the molecule is CC1(C)CCC(c2ccc(Cl)cc2)=C(CN2CCN(c3ccc(C(=O)NS(=O)c4ccc(N[C@H](CCN5CCN(C(=O)CCCn6cc(COCCOCCOCCNc7cccc8c7C(=O)N(C7CCC(=O)NC7=O)C8=O)nn6)CC5)CSc5ccccc5)c(S(=O)(=O)C(F)(F)F)c4)cc3)CC2)C1. The Labute approximate surface area is 614 Å². The van der Waals surface area contributed by atoms with Gasteiger partial charge >= 0.3 is 5.51 Å². The Morgan fingerprint density at radius 1 is 0.798 bits per heavy atom. The van der Waals surface area contributed by atoms with Crippen LogP contribution >= 0.6 is 23.4 Å². The molecule has 3 atom stereocenters. The first-order chi connectivity index (χ1) is 50.0. The van der Waals surface area contributed by atoms with Gasteiger partial charge in [-0.25, -0.2) is 12.6 Å². The van der Waals surface area contributed by atoms with Gasteiger partial charge in [0.15, 0.2) is 11.0 Å². The number of fused-ring (bicyclic) bond motifs is 1. The summed E-state index contributed by atoms with van der Waals surface area (Å²) < 4.78 is 105. The van der Waals surface area contributed by atoms with Gasteiger partial charge in [0.2, 0.25) is 17.7 Å². The summed E-state index contributed by atoms with van der Waals surface area (Å²) in [5.74, 6) is -2.75. The number of carbonyl (C=O) groups excluding carboxylic acids is 6. The van der Waals surface area contributed by atoms with Gasteiger partial charge in [-0.3, -0.25) is 58.2 Å². The van der Waals surface area contributed by atoms with Crippen LogP contribution in [0.15, 0.2) is 142 Å². The summed E-state index contributed by atoms with van der Waals surface area (Å²) in [4.78, 5) is 86.5. The standard InChI is InChI=1S/C73H86ClF3N12O12S3/c1-72(2)27-25-59(50-13-17-53(74)18-14-50)52(45-72)46-85-33-35-86(36-34-85)56-19-15-51(16-20-56)68(92)82-103(96)58-21-22-61(64(44-58)104(97,98)73(75,76)77)79-54(49-102-57-8-4-3-5-9-57)26-30-84-31-37-87(38-32-84)66(91)12-7-29-88-47-55(81-83-88)48-101-43-42-100-41-40-99-39-28-78-62-11-6-10-60-67(62)71(95)89(70(60)94)63-23-24-65(90)80-69(63)93/h3-6,8-11,13-22,44,47,54,63,78-79H,7,12,23-43,45-46,48-49H2,1-2H3,(H,82,92)(H,80,90,93)/t54-,63?,103?/m1/s1. The summed E-state index contributed by atoms with van der Waals surface area (Å²) in [5.41, 5.74) is 0.673. The van der Waals surface area contributed by atoms with Gasteiger partial charge in [-0.2, -0.15) is 13.2 Å². The zero-order valence-corrected chi connectivity index (χ0v) is 61.2. The maximum absolute atomic E-state index is 14.5. The van der Waals surface area contributed by atoms with E-state index in [4.69, 9.17) is 25.8 Å². The van der Waals surface area contributed by atoms with Crippen LogP contribution in [0, 0.1) is 5.41 Å². The van der Waals surface area contributed by atoms with E-state index in [0.29, 0.717) is 107 Å². The second kappa shape index (κ2) is 35.3. The number of alkyl halides is 3. The zero-order valence-electron chi connectivity index (χ0n) is 58.0. The molecule has 4 N–H and O–H groups in total. The van der Waals surface area contributed by atoms with Gasteiger partial charge in [0.25, 0.3) is 27.6 Å². The number of amides is 6. The number of nitrogens with zero attached hydrogens (tertiary/aromatic N) is 8. The topological polar surface area (TPSA) is 276 Å². The van der Waals surface area contributed by atoms with Gasteiger partial charge in [0.05, 0.1) is 67.5 Å². The third kappa shape index (κ3) is 20.1. The molecule has 1 aliphatic carbocycles. The fourth-order valence-electron chi connectivity index (χ4n) is 13.4. The largest absolute Gasteiger partial charge is 0.501 e. The van der Waals surface area contributed by atoms with Crippen LogP contribution in [-0.2, 0) is 62.6 Å². The highest BCUT2D eigenvalue weighted by atomic mass is 35.5. The fraction of sp³-hybridized carbons (Fsp3) is 0.452. The number of aryl methyl sites for hydroxylation is 1. The number of piperazine rings is 2. The molecular formula is C73H86ClF3N12O12S3. The van der Waals surface area contributed by atoms with Gasteiger partial charge in [-0.1, -0.05) is 72.6 Å². The van der Waals surface area contributed by atoms with E-state index in [-0.39, 0.29) is 77.7 Å². The van der Waals surface area contributed by atoms with Crippen LogP contribution < -0.4 is 25.6 Å². The molecule has 1 aromatic heterocycles. The number of sulfone groups is 1. The zero-order chi connectivity index (χ0) is 73.5. The monoisotopic (exact) mass is 1510 g/mol. The highest BCUT2D eigenvalue weighted by molar-refractivity contribution is 7.99. The number of allylic oxidation sites excluding steroid dienone is 1. The van der Waals surface area contributed by atoms with Crippen molar-refractivity contribution < 1.29 is 68.8 Å². The second-order valence-electron chi connectivity index (χ2n) is 27.0. The Morgan fingerprint density at radius 2 is 1.51 bits per heavy atom. The number of hydrogen-bond acceptors (Lipinski definition) is 20. The summed E-state index contributed by atoms with van der Waals surface area (Å²) in [6.07, 6.45) is 6.17. The van der Waals surface area contributed by atoms with Crippen molar-refractivity contribution >= 4 is 102 Å². The van der Waals surface area contributed by atoms with E-state index in [2.05, 4.69) is 71.7 Å². The summed E-state index contributed by atoms with van der Waals surface area (Å²) in [5, 5.41) is 17.5. The molecule has 0 spiro atoms. The minimum atomic E-state index is -6.01. The van der Waals surface area contributed by atoms with Crippen LogP contribution in [-0.4, -0.2) is 211 Å². The molecule has 5 heterocycles. The normalized spacial score (nSPS) is 18.2. The molecule has 3 saturated heterocycles. The summed E-state index contributed by atoms with van der Waals surface area (Å²) in [6, 6.07) is 30.6. The predicted molar refractivity (Wildman–Crippen MR) is 389 cm³/mol. The number of benzene rings is 5. The van der Waals surface area contributed by atoms with E-state index in [0.717, 1.165) is 73.5 Å². The number of hydrogen-bond donors (Lipinski definition) is 4. The Bertz CT molecular complexity index is 4210. The van der Waals surface area contributed by atoms with Gasteiger partial charge in [-0.15, -0.1) is 16.9 Å². The number of imide groups is 2. The molecule has 31 heteroatoms. The maximum Gasteiger partial charge on any atom is 0.501 e. The Hall–Kier alpha value is -8.07. The molecule has 6 amide bonds. The number of ether oxygens (including phenoxy) is 3. The van der Waals surface area contributed by atoms with Crippen molar-refractivity contribution in [1.29, 1.82) is 0 Å². The molecule has 5 aromatic carbocycles. The molecule has 0 bridgehead atoms. The molecular weight excluding hydrogens is 1430 g/mol. The van der Waals surface area contributed by atoms with Gasteiger partial charge < -0.3 is 34.6 Å². The summed E-state index contributed by atoms with van der Waals surface area (Å²) in [7, 11) is -8.48. The predicted octanol–water partition coefficient (Wildman–Crippen LogP) is 9.11. The average Bonchev–Trinajstić information content (AvgIpc) is 1.60. The van der Waals surface area contributed by atoms with E-state index in [1.165, 1.54) is 40.6 Å². The lowest BCUT2D eigenvalue weighted by Crippen LogP contribution is -2.54. The van der Waals surface area contributed by atoms with Crippen LogP contribution in [0.2, 0.25) is 5.02 Å². The Balaban J connectivity index is 0.589. The van der Waals surface area contributed by atoms with E-state index in [1.54, 1.807) is 52.2 Å². The molecule has 556 valence electrons. The fourth-order valence-corrected chi connectivity index (χ4v) is 16.4. The lowest BCUT2D eigenvalue weighted by atomic mass is 9.73. The van der Waals surface area contributed by atoms with Gasteiger partial charge in [-0.05, 0) is 134 Å². The third-order valence-electron chi connectivity index (χ3n) is 19.1. The highest BCUT2D eigenvalue weighted by Crippen LogP contribution is 2.43. The van der Waals surface area contributed by atoms with E-state index in [1.807, 2.05) is 42.5 Å². The molecule has 2 unspecified atom stereocenters. The number of nitrogens with one attached hydrogen (secondary N) is 4. The third-order valence-corrected chi connectivity index (χ3v) is 23.1. The molecule has 6 aromatic rings. The van der Waals surface area contributed by atoms with Crippen LogP contribution in [0.4, 0.5) is 30.2 Å². The first-order valence-corrected chi connectivity index (χ1v) is 38.8. The number of thioether (sulfide) groups is 1. The minimum absolute atomic E-state index is 0.0166. The van der Waals surface area contributed by atoms with Crippen molar-refractivity contribution in [3.63, 3.8) is 0 Å². The number of anilines is 3. The van der Waals surface area contributed by atoms with E-state index < -0.39 is 72.8 Å². The first-order valence-electron chi connectivity index (χ1n) is 34.8. The highest BCUT2D eigenvalue weighted by Gasteiger charge is 2.49. The number of halogens is 4. The molecule has 104 heavy (non-hydrogen) atoms. The maximum atomic E-state index is 14.5. The number of rotatable bonds is 33. The number of piperidine rings is 1. The first kappa shape index (κ1) is 77.0. The van der Waals surface area contributed by atoms with Crippen LogP contribution in [0.25, 0.3) is 5.57 Å². The number of aromatic nitrogens is 3. The van der Waals surface area contributed by atoms with Crippen LogP contribution in [0.1, 0.15) is 108 Å². The smallest absolute Gasteiger partial charge is 0.382 e. The van der Waals surface area contributed by atoms with Crippen molar-refractivity contribution in [3.8, 4) is 0 Å². The molecule has 0 radical (unpaired) electrons. The van der Waals surface area contributed by atoms with Crippen molar-refractivity contribution in [2.24, 2.45) is 5.41 Å². The quantitative estimate of drug-likeness (QED) is 0.0170. The lowest BCUT2D eigenvalue weighted by Gasteiger charge is -2.39. The van der Waals surface area contributed by atoms with E-state index in [9.17, 15) is 54.6 Å². The van der Waals surface area contributed by atoms with Crippen molar-refractivity contribution in [3.05, 3.63) is 160 Å². The molecule has 3 fully saturated rings. The van der Waals surface area contributed by atoms with Crippen molar-refractivity contribution in [2.75, 3.05) is 126 Å². The van der Waals surface area contributed by atoms with Crippen molar-refractivity contribution in [2.45, 2.75) is 111 Å². The number of carbonyl (C=O) groups is 6. The van der Waals surface area contributed by atoms with E-state index >= 15 is 0 Å². The molecule has 5 aliphatic rings. The lowest BCUT2D eigenvalue weighted by molar-refractivity contribution is -0.136. The Kier molecular flexibility index (Phi) is 26.2. The Morgan fingerprint density at radius 3 is 2.23 bits per heavy atom. The summed E-state index contributed by atoms with van der Waals surface area (Å²) >= 11 is 7.67. The molecule has 4 aliphatic heterocycles. The summed E-state index contributed by atoms with van der Waals surface area (Å²) in [6.45, 7) is 13.6. The molecule has 24 nitrogen and oxygen atoms in total.